The monoisotopic (exact) mass is 293 g/mol. The largest absolute Gasteiger partial charge is 0.398 e. The quantitative estimate of drug-likeness (QED) is 0.681. The molecule has 86 valence electrons. The molecule has 0 atom stereocenters. The molecule has 0 aliphatic carbocycles. The third-order valence-corrected chi connectivity index (χ3v) is 2.84. The standard InChI is InChI=1S/C13H9BrFNO/c14-9-4-5-12(16)11(7-9)13(17)8-2-1-3-10(15)6-8/h1-7H,16H2. The van der Waals surface area contributed by atoms with Gasteiger partial charge in [-0.15, -0.1) is 0 Å². The molecular weight excluding hydrogens is 285 g/mol. The molecule has 0 aliphatic heterocycles. The van der Waals surface area contributed by atoms with Crippen molar-refractivity contribution in [3.05, 3.63) is 63.9 Å². The van der Waals surface area contributed by atoms with E-state index in [2.05, 4.69) is 15.9 Å². The van der Waals surface area contributed by atoms with Crippen LogP contribution in [-0.2, 0) is 0 Å². The van der Waals surface area contributed by atoms with E-state index in [1.165, 1.54) is 18.2 Å². The van der Waals surface area contributed by atoms with Gasteiger partial charge in [-0.05, 0) is 30.3 Å². The van der Waals surface area contributed by atoms with Gasteiger partial charge in [0.2, 0.25) is 0 Å². The molecule has 0 bridgehead atoms. The van der Waals surface area contributed by atoms with Crippen molar-refractivity contribution in [2.24, 2.45) is 0 Å². The number of ketones is 1. The van der Waals surface area contributed by atoms with Gasteiger partial charge >= 0.3 is 0 Å². The molecule has 0 radical (unpaired) electrons. The van der Waals surface area contributed by atoms with E-state index >= 15 is 0 Å². The van der Waals surface area contributed by atoms with Gasteiger partial charge in [-0.2, -0.15) is 0 Å². The van der Waals surface area contributed by atoms with E-state index in [0.717, 1.165) is 4.47 Å². The van der Waals surface area contributed by atoms with Crippen LogP contribution in [0.2, 0.25) is 0 Å². The van der Waals surface area contributed by atoms with Crippen molar-refractivity contribution in [2.45, 2.75) is 0 Å². The molecule has 0 amide bonds. The first-order valence-corrected chi connectivity index (χ1v) is 5.72. The average Bonchev–Trinajstić information content (AvgIpc) is 2.31. The normalized spacial score (nSPS) is 10.2. The first kappa shape index (κ1) is 11.8. The Kier molecular flexibility index (Phi) is 3.24. The second-order valence-electron chi connectivity index (χ2n) is 3.57. The number of nitrogens with two attached hydrogens (primary N) is 1. The zero-order valence-electron chi connectivity index (χ0n) is 8.78. The maximum Gasteiger partial charge on any atom is 0.195 e. The molecule has 0 saturated carbocycles. The van der Waals surface area contributed by atoms with Crippen LogP contribution in [0.15, 0.2) is 46.9 Å². The van der Waals surface area contributed by atoms with Crippen molar-refractivity contribution >= 4 is 27.4 Å². The minimum Gasteiger partial charge on any atom is -0.398 e. The lowest BCUT2D eigenvalue weighted by atomic mass is 10.0. The lowest BCUT2D eigenvalue weighted by Gasteiger charge is -2.05. The van der Waals surface area contributed by atoms with Crippen LogP contribution in [0.3, 0.4) is 0 Å². The van der Waals surface area contributed by atoms with E-state index < -0.39 is 5.82 Å². The Morgan fingerprint density at radius 1 is 1.18 bits per heavy atom. The molecule has 0 unspecified atom stereocenters. The lowest BCUT2D eigenvalue weighted by molar-refractivity contribution is 0.103. The highest BCUT2D eigenvalue weighted by Crippen LogP contribution is 2.21. The Hall–Kier alpha value is -1.68. The second-order valence-corrected chi connectivity index (χ2v) is 4.49. The zero-order chi connectivity index (χ0) is 12.4. The molecule has 2 aromatic rings. The van der Waals surface area contributed by atoms with E-state index in [1.807, 2.05) is 0 Å². The van der Waals surface area contributed by atoms with Crippen LogP contribution in [0.5, 0.6) is 0 Å². The lowest BCUT2D eigenvalue weighted by Crippen LogP contribution is -2.05. The Morgan fingerprint density at radius 3 is 2.65 bits per heavy atom. The molecule has 0 fully saturated rings. The van der Waals surface area contributed by atoms with E-state index in [1.54, 1.807) is 24.3 Å². The summed E-state index contributed by atoms with van der Waals surface area (Å²) in [4.78, 5) is 12.1. The predicted octanol–water partition coefficient (Wildman–Crippen LogP) is 3.40. The van der Waals surface area contributed by atoms with Gasteiger partial charge in [-0.3, -0.25) is 4.79 Å². The maximum absolute atomic E-state index is 13.0. The molecule has 4 heteroatoms. The third kappa shape index (κ3) is 2.53. The number of hydrogen-bond donors (Lipinski definition) is 1. The number of benzene rings is 2. The molecule has 0 saturated heterocycles. The SMILES string of the molecule is Nc1ccc(Br)cc1C(=O)c1cccc(F)c1. The molecule has 0 aromatic heterocycles. The highest BCUT2D eigenvalue weighted by molar-refractivity contribution is 9.10. The van der Waals surface area contributed by atoms with Crippen molar-refractivity contribution in [1.29, 1.82) is 0 Å². The topological polar surface area (TPSA) is 43.1 Å². The molecule has 2 rings (SSSR count). The minimum absolute atomic E-state index is 0.287. The van der Waals surface area contributed by atoms with Crippen LogP contribution in [0, 0.1) is 5.82 Å². The minimum atomic E-state index is -0.440. The predicted molar refractivity (Wildman–Crippen MR) is 68.4 cm³/mol. The maximum atomic E-state index is 13.0. The summed E-state index contributed by atoms with van der Waals surface area (Å²) in [7, 11) is 0. The number of carbonyl (C=O) groups excluding carboxylic acids is 1. The van der Waals surface area contributed by atoms with Gasteiger partial charge in [0.25, 0.3) is 0 Å². The highest BCUT2D eigenvalue weighted by Gasteiger charge is 2.13. The highest BCUT2D eigenvalue weighted by atomic mass is 79.9. The summed E-state index contributed by atoms with van der Waals surface area (Å²) in [5.74, 6) is -0.729. The van der Waals surface area contributed by atoms with Gasteiger partial charge in [0.1, 0.15) is 5.82 Å². The molecule has 2 nitrogen and oxygen atoms in total. The molecule has 0 aliphatic rings. The van der Waals surface area contributed by atoms with Crippen molar-refractivity contribution in [1.82, 2.24) is 0 Å². The van der Waals surface area contributed by atoms with Crippen molar-refractivity contribution < 1.29 is 9.18 Å². The van der Waals surface area contributed by atoms with Crippen molar-refractivity contribution in [3.63, 3.8) is 0 Å². The molecule has 2 N–H and O–H groups in total. The number of halogens is 2. The number of hydrogen-bond acceptors (Lipinski definition) is 2. The van der Waals surface area contributed by atoms with Gasteiger partial charge < -0.3 is 5.73 Å². The Labute approximate surface area is 106 Å². The smallest absolute Gasteiger partial charge is 0.195 e. The van der Waals surface area contributed by atoms with Crippen molar-refractivity contribution in [3.8, 4) is 0 Å². The summed E-state index contributed by atoms with van der Waals surface area (Å²) in [6.07, 6.45) is 0. The molecule has 0 spiro atoms. The summed E-state index contributed by atoms with van der Waals surface area (Å²) in [5, 5.41) is 0. The average molecular weight is 294 g/mol. The van der Waals surface area contributed by atoms with Crippen LogP contribution >= 0.6 is 15.9 Å². The van der Waals surface area contributed by atoms with Crippen LogP contribution < -0.4 is 5.73 Å². The fourth-order valence-electron chi connectivity index (χ4n) is 1.51. The van der Waals surface area contributed by atoms with Crippen LogP contribution in [0.1, 0.15) is 15.9 Å². The number of rotatable bonds is 2. The molecule has 0 heterocycles. The summed E-state index contributed by atoms with van der Waals surface area (Å²) in [5.41, 5.74) is 6.76. The summed E-state index contributed by atoms with van der Waals surface area (Å²) >= 11 is 3.27. The van der Waals surface area contributed by atoms with Gasteiger partial charge in [-0.25, -0.2) is 4.39 Å². The number of anilines is 1. The van der Waals surface area contributed by atoms with E-state index in [0.29, 0.717) is 11.3 Å². The molecular formula is C13H9BrFNO. The van der Waals surface area contributed by atoms with E-state index in [9.17, 15) is 9.18 Å². The third-order valence-electron chi connectivity index (χ3n) is 2.35. The van der Waals surface area contributed by atoms with Crippen LogP contribution in [0.25, 0.3) is 0 Å². The van der Waals surface area contributed by atoms with Gasteiger partial charge in [0.15, 0.2) is 5.78 Å². The second kappa shape index (κ2) is 4.67. The summed E-state index contributed by atoms with van der Waals surface area (Å²) < 4.78 is 13.8. The van der Waals surface area contributed by atoms with Crippen LogP contribution in [0.4, 0.5) is 10.1 Å². The van der Waals surface area contributed by atoms with E-state index in [4.69, 9.17) is 5.73 Å². The molecule has 2 aromatic carbocycles. The zero-order valence-corrected chi connectivity index (χ0v) is 10.4. The van der Waals surface area contributed by atoms with Crippen LogP contribution in [-0.4, -0.2) is 5.78 Å². The number of nitrogen functional groups attached to an aromatic ring is 1. The van der Waals surface area contributed by atoms with E-state index in [-0.39, 0.29) is 11.3 Å². The number of carbonyl (C=O) groups is 1. The first-order valence-electron chi connectivity index (χ1n) is 4.93. The fraction of sp³-hybridized carbons (Fsp3) is 0. The molecule has 17 heavy (non-hydrogen) atoms. The summed E-state index contributed by atoms with van der Waals surface area (Å²) in [6.45, 7) is 0. The fourth-order valence-corrected chi connectivity index (χ4v) is 1.87. The Morgan fingerprint density at radius 2 is 1.94 bits per heavy atom. The first-order chi connectivity index (χ1) is 8.08. The van der Waals surface area contributed by atoms with Crippen molar-refractivity contribution in [2.75, 3.05) is 5.73 Å². The van der Waals surface area contributed by atoms with Gasteiger partial charge in [0.05, 0.1) is 0 Å². The van der Waals surface area contributed by atoms with Gasteiger partial charge in [0, 0.05) is 21.3 Å². The Bertz CT molecular complexity index is 583. The Balaban J connectivity index is 2.47. The summed E-state index contributed by atoms with van der Waals surface area (Å²) in [6, 6.07) is 10.6. The van der Waals surface area contributed by atoms with Gasteiger partial charge in [-0.1, -0.05) is 28.1 Å².